The maximum atomic E-state index is 12.3. The number of fused-ring (bicyclic) bond motifs is 1. The van der Waals surface area contributed by atoms with Crippen molar-refractivity contribution in [3.05, 3.63) is 34.9 Å². The van der Waals surface area contributed by atoms with Crippen LogP contribution < -0.4 is 5.32 Å². The van der Waals surface area contributed by atoms with Gasteiger partial charge in [0, 0.05) is 38.2 Å². The highest BCUT2D eigenvalue weighted by Crippen LogP contribution is 2.28. The van der Waals surface area contributed by atoms with Gasteiger partial charge in [-0.2, -0.15) is 0 Å². The van der Waals surface area contributed by atoms with E-state index in [-0.39, 0.29) is 24.5 Å². The van der Waals surface area contributed by atoms with Crippen molar-refractivity contribution in [2.24, 2.45) is 5.92 Å². The highest BCUT2D eigenvalue weighted by Gasteiger charge is 2.20. The summed E-state index contributed by atoms with van der Waals surface area (Å²) in [5.41, 5.74) is 3.44. The van der Waals surface area contributed by atoms with Crippen LogP contribution in [0, 0.1) is 5.92 Å². The Morgan fingerprint density at radius 1 is 1.08 bits per heavy atom. The van der Waals surface area contributed by atoms with Gasteiger partial charge in [0.25, 0.3) is 0 Å². The minimum atomic E-state index is -0.0477. The molecule has 25 heavy (non-hydrogen) atoms. The molecular weight excluding hydrogens is 314 g/mol. The molecule has 0 atom stereocenters. The Hall–Kier alpha value is -1.68. The number of carbonyl (C=O) groups excluding carboxylic acids is 2. The molecule has 0 aliphatic heterocycles. The fourth-order valence-corrected chi connectivity index (χ4v) is 3.30. The monoisotopic (exact) mass is 343 g/mol. The van der Waals surface area contributed by atoms with Gasteiger partial charge in [0.2, 0.25) is 5.91 Å². The van der Waals surface area contributed by atoms with Crippen LogP contribution in [0.5, 0.6) is 0 Å². The fraction of sp³-hybridized carbons (Fsp3) is 0.619. The molecule has 136 valence electrons. The molecule has 1 amide bonds. The number of carbonyl (C=O) groups is 2. The topological polar surface area (TPSA) is 55.4 Å². The first kappa shape index (κ1) is 18.1. The highest BCUT2D eigenvalue weighted by atomic mass is 16.5. The maximum absolute atomic E-state index is 12.3. The maximum Gasteiger partial charge on any atom is 0.220 e. The van der Waals surface area contributed by atoms with Crippen molar-refractivity contribution in [3.8, 4) is 0 Å². The minimum absolute atomic E-state index is 0.0477. The van der Waals surface area contributed by atoms with Gasteiger partial charge in [0.15, 0.2) is 5.78 Å². The van der Waals surface area contributed by atoms with Crippen LogP contribution >= 0.6 is 0 Å². The number of ether oxygens (including phenoxy) is 1. The molecule has 0 saturated heterocycles. The number of ketones is 1. The van der Waals surface area contributed by atoms with E-state index < -0.39 is 0 Å². The molecule has 1 fully saturated rings. The van der Waals surface area contributed by atoms with Gasteiger partial charge in [-0.05, 0) is 68.1 Å². The predicted octanol–water partition coefficient (Wildman–Crippen LogP) is 3.46. The second-order valence-electron chi connectivity index (χ2n) is 7.34. The van der Waals surface area contributed by atoms with Gasteiger partial charge in [-0.25, -0.2) is 0 Å². The predicted molar refractivity (Wildman–Crippen MR) is 97.8 cm³/mol. The van der Waals surface area contributed by atoms with Crippen LogP contribution in [-0.4, -0.2) is 31.4 Å². The molecular formula is C21H29NO3. The van der Waals surface area contributed by atoms with Crippen molar-refractivity contribution in [3.63, 3.8) is 0 Å². The molecule has 1 saturated carbocycles. The second-order valence-corrected chi connectivity index (χ2v) is 7.34. The summed E-state index contributed by atoms with van der Waals surface area (Å²) in [7, 11) is 0. The van der Waals surface area contributed by atoms with Gasteiger partial charge in [0.05, 0.1) is 0 Å². The number of benzene rings is 1. The first-order valence-electron chi connectivity index (χ1n) is 9.72. The van der Waals surface area contributed by atoms with E-state index in [2.05, 4.69) is 11.4 Å². The highest BCUT2D eigenvalue weighted by molar-refractivity contribution is 5.98. The smallest absolute Gasteiger partial charge is 0.220 e. The molecule has 0 spiro atoms. The fourth-order valence-electron chi connectivity index (χ4n) is 3.30. The first-order chi connectivity index (χ1) is 12.2. The molecule has 1 aromatic carbocycles. The Bertz CT molecular complexity index is 607. The van der Waals surface area contributed by atoms with E-state index in [9.17, 15) is 9.59 Å². The van der Waals surface area contributed by atoms with E-state index in [0.717, 1.165) is 37.4 Å². The van der Waals surface area contributed by atoms with Crippen LogP contribution in [0.25, 0.3) is 0 Å². The minimum Gasteiger partial charge on any atom is -0.381 e. The summed E-state index contributed by atoms with van der Waals surface area (Å²) in [6, 6.07) is 6.04. The van der Waals surface area contributed by atoms with Crippen LogP contribution in [0.3, 0.4) is 0 Å². The Labute approximate surface area is 150 Å². The largest absolute Gasteiger partial charge is 0.381 e. The molecule has 1 N–H and O–H groups in total. The number of hydrogen-bond donors (Lipinski definition) is 1. The molecule has 4 nitrogen and oxygen atoms in total. The average Bonchev–Trinajstić information content (AvgIpc) is 3.46. The van der Waals surface area contributed by atoms with E-state index in [1.165, 1.54) is 36.8 Å². The van der Waals surface area contributed by atoms with Gasteiger partial charge in [0.1, 0.15) is 0 Å². The van der Waals surface area contributed by atoms with Crippen LogP contribution in [0.4, 0.5) is 0 Å². The molecule has 0 bridgehead atoms. The third kappa shape index (κ3) is 5.96. The van der Waals surface area contributed by atoms with E-state index in [1.54, 1.807) is 0 Å². The lowest BCUT2D eigenvalue weighted by Gasteiger charge is -2.16. The number of nitrogens with one attached hydrogen (secondary N) is 1. The Balaban J connectivity index is 1.31. The molecule has 0 unspecified atom stereocenters. The zero-order valence-electron chi connectivity index (χ0n) is 15.0. The van der Waals surface area contributed by atoms with Gasteiger partial charge in [-0.1, -0.05) is 12.1 Å². The van der Waals surface area contributed by atoms with Crippen molar-refractivity contribution in [2.45, 2.75) is 57.8 Å². The summed E-state index contributed by atoms with van der Waals surface area (Å²) in [5.74, 6) is 0.800. The molecule has 2 aliphatic carbocycles. The zero-order chi connectivity index (χ0) is 17.5. The molecule has 0 heterocycles. The SMILES string of the molecule is O=C(CCC(=O)c1ccc2c(c1)CCCC2)NCCCOCC1CC1. The van der Waals surface area contributed by atoms with E-state index in [4.69, 9.17) is 4.74 Å². The summed E-state index contributed by atoms with van der Waals surface area (Å²) in [5, 5.41) is 2.87. The third-order valence-electron chi connectivity index (χ3n) is 5.09. The van der Waals surface area contributed by atoms with Crippen molar-refractivity contribution in [1.29, 1.82) is 0 Å². The lowest BCUT2D eigenvalue weighted by molar-refractivity contribution is -0.121. The number of amides is 1. The van der Waals surface area contributed by atoms with Crippen molar-refractivity contribution >= 4 is 11.7 Å². The van der Waals surface area contributed by atoms with Gasteiger partial charge in [-0.3, -0.25) is 9.59 Å². The molecule has 1 aromatic rings. The third-order valence-corrected chi connectivity index (χ3v) is 5.09. The summed E-state index contributed by atoms with van der Waals surface area (Å²) in [6.45, 7) is 2.19. The lowest BCUT2D eigenvalue weighted by atomic mass is 9.89. The Morgan fingerprint density at radius 3 is 2.68 bits per heavy atom. The summed E-state index contributed by atoms with van der Waals surface area (Å²) < 4.78 is 5.54. The quantitative estimate of drug-likeness (QED) is 0.523. The van der Waals surface area contributed by atoms with Crippen LogP contribution in [-0.2, 0) is 22.4 Å². The van der Waals surface area contributed by atoms with Gasteiger partial charge >= 0.3 is 0 Å². The zero-order valence-corrected chi connectivity index (χ0v) is 15.0. The first-order valence-corrected chi connectivity index (χ1v) is 9.72. The van der Waals surface area contributed by atoms with Gasteiger partial charge in [-0.15, -0.1) is 0 Å². The van der Waals surface area contributed by atoms with Crippen LogP contribution in [0.2, 0.25) is 0 Å². The second kappa shape index (κ2) is 9.14. The summed E-state index contributed by atoms with van der Waals surface area (Å²) >= 11 is 0. The number of Topliss-reactive ketones (excluding diaryl/α,β-unsaturated/α-hetero) is 1. The number of rotatable bonds is 10. The van der Waals surface area contributed by atoms with E-state index >= 15 is 0 Å². The van der Waals surface area contributed by atoms with Crippen molar-refractivity contribution in [2.75, 3.05) is 19.8 Å². The standard InChI is InChI=1S/C21H29NO3/c23-20(19-9-8-17-4-1-2-5-18(17)14-19)10-11-21(24)22-12-3-13-25-15-16-6-7-16/h8-9,14,16H,1-7,10-13,15H2,(H,22,24). The van der Waals surface area contributed by atoms with E-state index in [1.807, 2.05) is 12.1 Å². The molecule has 0 radical (unpaired) electrons. The summed E-state index contributed by atoms with van der Waals surface area (Å²) in [6.07, 6.45) is 8.61. The lowest BCUT2D eigenvalue weighted by Crippen LogP contribution is -2.25. The Morgan fingerprint density at radius 2 is 1.88 bits per heavy atom. The number of hydrogen-bond acceptors (Lipinski definition) is 3. The van der Waals surface area contributed by atoms with Crippen LogP contribution in [0.15, 0.2) is 18.2 Å². The van der Waals surface area contributed by atoms with Crippen LogP contribution in [0.1, 0.15) is 66.4 Å². The normalized spacial score (nSPS) is 16.3. The number of aryl methyl sites for hydroxylation is 2. The van der Waals surface area contributed by atoms with E-state index in [0.29, 0.717) is 13.2 Å². The average molecular weight is 343 g/mol. The molecule has 3 rings (SSSR count). The summed E-state index contributed by atoms with van der Waals surface area (Å²) in [4.78, 5) is 24.2. The molecule has 2 aliphatic rings. The van der Waals surface area contributed by atoms with Crippen molar-refractivity contribution < 1.29 is 14.3 Å². The molecule has 4 heteroatoms. The molecule has 0 aromatic heterocycles. The Kier molecular flexibility index (Phi) is 6.62. The van der Waals surface area contributed by atoms with Gasteiger partial charge < -0.3 is 10.1 Å². The van der Waals surface area contributed by atoms with Crippen molar-refractivity contribution in [1.82, 2.24) is 5.32 Å².